The number of nitrogens with one attached hydrogen (secondary N) is 1. The number of rotatable bonds is 6. The second-order valence-corrected chi connectivity index (χ2v) is 11.8. The quantitative estimate of drug-likeness (QED) is 0.675. The first-order valence-electron chi connectivity index (χ1n) is 11.5. The lowest BCUT2D eigenvalue weighted by Gasteiger charge is -2.37. The van der Waals surface area contributed by atoms with E-state index in [4.69, 9.17) is 0 Å². The van der Waals surface area contributed by atoms with Crippen molar-refractivity contribution in [3.8, 4) is 0 Å². The molecular formula is C23H29N5O4S. The number of sulfone groups is 1. The SMILES string of the molecule is CS(=O)(=O)CCC(=O)N1CC[C@]2(c3ccccc3)CCc3nnc(C(=O)NC4CC4)n3C[C@H]12. The minimum absolute atomic E-state index is 0.0374. The molecule has 3 heterocycles. The number of benzene rings is 1. The van der Waals surface area contributed by atoms with Gasteiger partial charge in [0.1, 0.15) is 15.7 Å². The van der Waals surface area contributed by atoms with Gasteiger partial charge in [-0.25, -0.2) is 8.42 Å². The molecule has 176 valence electrons. The van der Waals surface area contributed by atoms with Gasteiger partial charge in [0.15, 0.2) is 0 Å². The van der Waals surface area contributed by atoms with Crippen LogP contribution in [0.15, 0.2) is 30.3 Å². The molecule has 1 aliphatic carbocycles. The van der Waals surface area contributed by atoms with Crippen LogP contribution in [0.1, 0.15) is 54.1 Å². The topological polar surface area (TPSA) is 114 Å². The third-order valence-electron chi connectivity index (χ3n) is 7.26. The molecule has 2 amide bonds. The van der Waals surface area contributed by atoms with Gasteiger partial charge in [-0.05, 0) is 31.2 Å². The van der Waals surface area contributed by atoms with Crippen molar-refractivity contribution in [1.82, 2.24) is 25.0 Å². The lowest BCUT2D eigenvalue weighted by atomic mass is 9.71. The van der Waals surface area contributed by atoms with Crippen LogP contribution in [0.4, 0.5) is 0 Å². The van der Waals surface area contributed by atoms with Crippen LogP contribution < -0.4 is 5.32 Å². The van der Waals surface area contributed by atoms with Gasteiger partial charge in [0.2, 0.25) is 11.7 Å². The van der Waals surface area contributed by atoms with Crippen LogP contribution in [0.25, 0.3) is 0 Å². The Morgan fingerprint density at radius 2 is 1.91 bits per heavy atom. The van der Waals surface area contributed by atoms with Crippen molar-refractivity contribution in [1.29, 1.82) is 0 Å². The number of fused-ring (bicyclic) bond motifs is 2. The first-order chi connectivity index (χ1) is 15.8. The highest BCUT2D eigenvalue weighted by Crippen LogP contribution is 2.46. The standard InChI is InChI=1S/C23H29N5O4S/c1-33(31,32)14-10-20(29)27-13-12-23(16-5-3-2-4-6-16)11-9-19-25-26-21(28(19)15-18(23)27)22(30)24-17-7-8-17/h2-6,17-18H,7-15H2,1H3,(H,24,30)/t18-,23-/m0/s1. The zero-order valence-electron chi connectivity index (χ0n) is 18.7. The van der Waals surface area contributed by atoms with Crippen molar-refractivity contribution in [2.45, 2.75) is 62.6 Å². The molecule has 0 spiro atoms. The van der Waals surface area contributed by atoms with E-state index in [1.54, 1.807) is 0 Å². The molecule has 33 heavy (non-hydrogen) atoms. The molecule has 1 saturated heterocycles. The van der Waals surface area contributed by atoms with E-state index in [0.29, 0.717) is 19.5 Å². The average molecular weight is 472 g/mol. The number of aromatic nitrogens is 3. The molecule has 10 heteroatoms. The zero-order chi connectivity index (χ0) is 23.2. The number of carbonyl (C=O) groups excluding carboxylic acids is 2. The van der Waals surface area contributed by atoms with Gasteiger partial charge in [0.25, 0.3) is 5.91 Å². The molecular weight excluding hydrogens is 442 g/mol. The minimum atomic E-state index is -3.24. The fourth-order valence-electron chi connectivity index (χ4n) is 5.34. The summed E-state index contributed by atoms with van der Waals surface area (Å²) in [6.45, 7) is 0.971. The molecule has 0 bridgehead atoms. The lowest BCUT2D eigenvalue weighted by molar-refractivity contribution is -0.132. The van der Waals surface area contributed by atoms with Crippen LogP contribution in [0, 0.1) is 0 Å². The van der Waals surface area contributed by atoms with Crippen LogP contribution in [0.3, 0.4) is 0 Å². The molecule has 2 aromatic rings. The van der Waals surface area contributed by atoms with E-state index < -0.39 is 9.84 Å². The summed E-state index contributed by atoms with van der Waals surface area (Å²) >= 11 is 0. The van der Waals surface area contributed by atoms with Crippen molar-refractivity contribution < 1.29 is 18.0 Å². The molecule has 5 rings (SSSR count). The Balaban J connectivity index is 1.50. The summed E-state index contributed by atoms with van der Waals surface area (Å²) < 4.78 is 25.2. The molecule has 2 atom stereocenters. The second kappa shape index (κ2) is 8.23. The highest BCUT2D eigenvalue weighted by atomic mass is 32.2. The van der Waals surface area contributed by atoms with Gasteiger partial charge in [-0.1, -0.05) is 30.3 Å². The maximum atomic E-state index is 13.2. The van der Waals surface area contributed by atoms with Crippen molar-refractivity contribution >= 4 is 21.7 Å². The van der Waals surface area contributed by atoms with Crippen LogP contribution >= 0.6 is 0 Å². The average Bonchev–Trinajstić information content (AvgIpc) is 3.43. The summed E-state index contributed by atoms with van der Waals surface area (Å²) in [5.41, 5.74) is 0.878. The summed E-state index contributed by atoms with van der Waals surface area (Å²) in [4.78, 5) is 27.9. The van der Waals surface area contributed by atoms with Gasteiger partial charge in [-0.3, -0.25) is 9.59 Å². The molecule has 1 aromatic heterocycles. The summed E-state index contributed by atoms with van der Waals surface area (Å²) in [6, 6.07) is 10.2. The minimum Gasteiger partial charge on any atom is -0.347 e. The lowest BCUT2D eigenvalue weighted by Crippen LogP contribution is -2.47. The summed E-state index contributed by atoms with van der Waals surface area (Å²) in [7, 11) is -3.24. The highest BCUT2D eigenvalue weighted by molar-refractivity contribution is 7.90. The Morgan fingerprint density at radius 1 is 1.15 bits per heavy atom. The number of aryl methyl sites for hydroxylation is 1. The first kappa shape index (κ1) is 22.1. The Hall–Kier alpha value is -2.75. The van der Waals surface area contributed by atoms with E-state index in [1.807, 2.05) is 27.7 Å². The largest absolute Gasteiger partial charge is 0.347 e. The predicted octanol–water partition coefficient (Wildman–Crippen LogP) is 1.09. The van der Waals surface area contributed by atoms with Crippen LogP contribution in [0.2, 0.25) is 0 Å². The molecule has 0 unspecified atom stereocenters. The molecule has 1 saturated carbocycles. The monoisotopic (exact) mass is 471 g/mol. The number of carbonyl (C=O) groups is 2. The van der Waals surface area contributed by atoms with Crippen molar-refractivity contribution in [2.75, 3.05) is 18.6 Å². The zero-order valence-corrected chi connectivity index (χ0v) is 19.6. The maximum absolute atomic E-state index is 13.2. The fourth-order valence-corrected chi connectivity index (χ4v) is 5.88. The molecule has 0 radical (unpaired) electrons. The van der Waals surface area contributed by atoms with Crippen LogP contribution in [-0.4, -0.2) is 70.5 Å². The second-order valence-electron chi connectivity index (χ2n) is 9.55. The van der Waals surface area contributed by atoms with Gasteiger partial charge in [-0.15, -0.1) is 10.2 Å². The van der Waals surface area contributed by atoms with E-state index in [9.17, 15) is 18.0 Å². The number of likely N-dealkylation sites (tertiary alicyclic amines) is 1. The Kier molecular flexibility index (Phi) is 5.50. The number of hydrogen-bond acceptors (Lipinski definition) is 6. The molecule has 1 N–H and O–H groups in total. The van der Waals surface area contributed by atoms with Gasteiger partial charge in [0.05, 0.1) is 11.8 Å². The van der Waals surface area contributed by atoms with Gasteiger partial charge in [-0.2, -0.15) is 0 Å². The van der Waals surface area contributed by atoms with E-state index in [1.165, 1.54) is 0 Å². The van der Waals surface area contributed by atoms with Crippen molar-refractivity contribution in [2.24, 2.45) is 0 Å². The third kappa shape index (κ3) is 4.28. The normalized spacial score (nSPS) is 24.6. The first-order valence-corrected chi connectivity index (χ1v) is 13.6. The number of nitrogens with zero attached hydrogens (tertiary/aromatic N) is 4. The molecule has 1 aromatic carbocycles. The Morgan fingerprint density at radius 3 is 2.61 bits per heavy atom. The maximum Gasteiger partial charge on any atom is 0.289 e. The van der Waals surface area contributed by atoms with Crippen molar-refractivity contribution in [3.05, 3.63) is 47.5 Å². The van der Waals surface area contributed by atoms with E-state index in [-0.39, 0.29) is 47.3 Å². The van der Waals surface area contributed by atoms with E-state index in [0.717, 1.165) is 43.3 Å². The van der Waals surface area contributed by atoms with Gasteiger partial charge in [0, 0.05) is 43.6 Å². The molecule has 9 nitrogen and oxygen atoms in total. The molecule has 3 aliphatic rings. The summed E-state index contributed by atoms with van der Waals surface area (Å²) in [6.07, 6.45) is 5.29. The predicted molar refractivity (Wildman–Crippen MR) is 121 cm³/mol. The summed E-state index contributed by atoms with van der Waals surface area (Å²) in [5.74, 6) is 0.487. The summed E-state index contributed by atoms with van der Waals surface area (Å²) in [5, 5.41) is 11.5. The van der Waals surface area contributed by atoms with Crippen molar-refractivity contribution in [3.63, 3.8) is 0 Å². The number of amides is 2. The van der Waals surface area contributed by atoms with Gasteiger partial charge >= 0.3 is 0 Å². The van der Waals surface area contributed by atoms with E-state index in [2.05, 4.69) is 27.6 Å². The number of hydrogen-bond donors (Lipinski definition) is 1. The molecule has 2 aliphatic heterocycles. The smallest absolute Gasteiger partial charge is 0.289 e. The Labute approximate surface area is 193 Å². The van der Waals surface area contributed by atoms with Gasteiger partial charge < -0.3 is 14.8 Å². The van der Waals surface area contributed by atoms with Crippen LogP contribution in [0.5, 0.6) is 0 Å². The van der Waals surface area contributed by atoms with E-state index >= 15 is 0 Å². The third-order valence-corrected chi connectivity index (χ3v) is 8.21. The van der Waals surface area contributed by atoms with Crippen LogP contribution in [-0.2, 0) is 33.0 Å². The Bertz CT molecular complexity index is 1170. The fraction of sp³-hybridized carbons (Fsp3) is 0.565. The highest BCUT2D eigenvalue weighted by Gasteiger charge is 2.51. The molecule has 2 fully saturated rings.